The van der Waals surface area contributed by atoms with Gasteiger partial charge in [-0.25, -0.2) is 9.97 Å². The molecule has 0 aliphatic heterocycles. The lowest BCUT2D eigenvalue weighted by molar-refractivity contribution is -0.115. The number of hydrogen-bond acceptors (Lipinski definition) is 5. The molecule has 0 bridgehead atoms. The van der Waals surface area contributed by atoms with Gasteiger partial charge < -0.3 is 5.73 Å². The van der Waals surface area contributed by atoms with Crippen LogP contribution < -0.4 is 5.73 Å². The second kappa shape index (κ2) is 4.03. The van der Waals surface area contributed by atoms with Crippen molar-refractivity contribution in [3.05, 3.63) is 18.3 Å². The minimum atomic E-state index is -1.45. The number of primary amides is 1. The SMILES string of the molecule is NC(=O)CS(=O)c1nc2cccnc2s1. The summed E-state index contributed by atoms with van der Waals surface area (Å²) in [6.45, 7) is 0. The van der Waals surface area contributed by atoms with Crippen molar-refractivity contribution in [3.8, 4) is 0 Å². The number of pyridine rings is 1. The molecule has 0 aromatic carbocycles. The summed E-state index contributed by atoms with van der Waals surface area (Å²) in [6, 6.07) is 3.53. The third-order valence-corrected chi connectivity index (χ3v) is 4.22. The van der Waals surface area contributed by atoms with Crippen LogP contribution in [0.4, 0.5) is 0 Å². The molecule has 1 unspecified atom stereocenters. The molecule has 2 aromatic rings. The Hall–Kier alpha value is -1.34. The van der Waals surface area contributed by atoms with E-state index in [0.29, 0.717) is 14.7 Å². The highest BCUT2D eigenvalue weighted by atomic mass is 32.2. The van der Waals surface area contributed by atoms with Crippen LogP contribution in [0.3, 0.4) is 0 Å². The molecule has 0 saturated heterocycles. The Morgan fingerprint density at radius 3 is 3.07 bits per heavy atom. The predicted molar refractivity (Wildman–Crippen MR) is 57.9 cm³/mol. The van der Waals surface area contributed by atoms with Gasteiger partial charge in [-0.05, 0) is 12.1 Å². The minimum absolute atomic E-state index is 0.195. The molecule has 0 aliphatic rings. The number of rotatable bonds is 3. The van der Waals surface area contributed by atoms with Gasteiger partial charge in [0.05, 0.1) is 10.8 Å². The van der Waals surface area contributed by atoms with Crippen molar-refractivity contribution in [2.75, 3.05) is 5.75 Å². The average molecular weight is 241 g/mol. The maximum atomic E-state index is 11.6. The lowest BCUT2D eigenvalue weighted by Crippen LogP contribution is -2.19. The van der Waals surface area contributed by atoms with Gasteiger partial charge in [0.1, 0.15) is 16.1 Å². The highest BCUT2D eigenvalue weighted by Gasteiger charge is 2.13. The lowest BCUT2D eigenvalue weighted by Gasteiger charge is -1.91. The van der Waals surface area contributed by atoms with E-state index in [-0.39, 0.29) is 5.75 Å². The van der Waals surface area contributed by atoms with Crippen molar-refractivity contribution < 1.29 is 9.00 Å². The van der Waals surface area contributed by atoms with Gasteiger partial charge in [0.2, 0.25) is 5.91 Å². The normalized spacial score (nSPS) is 12.8. The quantitative estimate of drug-likeness (QED) is 0.836. The summed E-state index contributed by atoms with van der Waals surface area (Å²) >= 11 is 1.22. The molecule has 0 aliphatic carbocycles. The maximum absolute atomic E-state index is 11.6. The van der Waals surface area contributed by atoms with Crippen molar-refractivity contribution in [1.82, 2.24) is 9.97 Å². The van der Waals surface area contributed by atoms with Crippen LogP contribution in [-0.4, -0.2) is 25.8 Å². The van der Waals surface area contributed by atoms with Gasteiger partial charge in [0, 0.05) is 6.20 Å². The van der Waals surface area contributed by atoms with Crippen molar-refractivity contribution >= 4 is 38.4 Å². The molecule has 2 N–H and O–H groups in total. The molecule has 78 valence electrons. The number of carbonyl (C=O) groups is 1. The van der Waals surface area contributed by atoms with Crippen molar-refractivity contribution in [3.63, 3.8) is 0 Å². The number of aromatic nitrogens is 2. The van der Waals surface area contributed by atoms with Crippen LogP contribution in [0, 0.1) is 0 Å². The monoisotopic (exact) mass is 241 g/mol. The van der Waals surface area contributed by atoms with Crippen LogP contribution >= 0.6 is 11.3 Å². The first-order valence-electron chi connectivity index (χ1n) is 4.05. The number of fused-ring (bicyclic) bond motifs is 1. The smallest absolute Gasteiger partial charge is 0.230 e. The highest BCUT2D eigenvalue weighted by molar-refractivity contribution is 7.88. The molecule has 2 heterocycles. The topological polar surface area (TPSA) is 85.9 Å². The van der Waals surface area contributed by atoms with Crippen LogP contribution in [0.15, 0.2) is 22.7 Å². The van der Waals surface area contributed by atoms with Gasteiger partial charge in [0.15, 0.2) is 4.34 Å². The van der Waals surface area contributed by atoms with E-state index < -0.39 is 16.7 Å². The second-order valence-corrected chi connectivity index (χ2v) is 5.37. The first-order chi connectivity index (χ1) is 7.16. The zero-order valence-electron chi connectivity index (χ0n) is 7.54. The predicted octanol–water partition coefficient (Wildman–Crippen LogP) is 0.284. The molecule has 1 atom stereocenters. The van der Waals surface area contributed by atoms with Crippen LogP contribution in [-0.2, 0) is 15.6 Å². The fourth-order valence-corrected chi connectivity index (χ4v) is 3.05. The molecule has 0 spiro atoms. The molecule has 0 fully saturated rings. The van der Waals surface area contributed by atoms with Crippen LogP contribution in [0.1, 0.15) is 0 Å². The molecule has 7 heteroatoms. The molecule has 0 radical (unpaired) electrons. The summed E-state index contributed by atoms with van der Waals surface area (Å²) in [7, 11) is -1.45. The average Bonchev–Trinajstić information content (AvgIpc) is 2.59. The van der Waals surface area contributed by atoms with Crippen LogP contribution in [0.5, 0.6) is 0 Å². The summed E-state index contributed by atoms with van der Waals surface area (Å²) < 4.78 is 11.9. The summed E-state index contributed by atoms with van der Waals surface area (Å²) in [5.41, 5.74) is 5.64. The van der Waals surface area contributed by atoms with E-state index in [0.717, 1.165) is 0 Å². The van der Waals surface area contributed by atoms with Crippen LogP contribution in [0.25, 0.3) is 10.3 Å². The Kier molecular flexibility index (Phi) is 2.74. The first kappa shape index (κ1) is 10.2. The fraction of sp³-hybridized carbons (Fsp3) is 0.125. The summed E-state index contributed by atoms with van der Waals surface area (Å²) in [5.74, 6) is -0.791. The van der Waals surface area contributed by atoms with Gasteiger partial charge in [-0.15, -0.1) is 0 Å². The van der Waals surface area contributed by atoms with Crippen molar-refractivity contribution in [1.29, 1.82) is 0 Å². The Balaban J connectivity index is 2.36. The molecular formula is C8H7N3O2S2. The van der Waals surface area contributed by atoms with Crippen molar-refractivity contribution in [2.24, 2.45) is 5.73 Å². The molecule has 2 aromatic heterocycles. The zero-order valence-corrected chi connectivity index (χ0v) is 9.18. The molecule has 1 amide bonds. The highest BCUT2D eigenvalue weighted by Crippen LogP contribution is 2.21. The standard InChI is InChI=1S/C8H7N3O2S2/c9-6(12)4-15(13)8-11-5-2-1-3-10-7(5)14-8/h1-3H,4H2,(H2,9,12). The number of thiazole rings is 1. The maximum Gasteiger partial charge on any atom is 0.230 e. The molecule has 2 rings (SSSR count). The van der Waals surface area contributed by atoms with E-state index in [1.807, 2.05) is 0 Å². The number of amides is 1. The third-order valence-electron chi connectivity index (χ3n) is 1.61. The third kappa shape index (κ3) is 2.18. The number of carbonyl (C=O) groups excluding carboxylic acids is 1. The van der Waals surface area contributed by atoms with Gasteiger partial charge in [0.25, 0.3) is 0 Å². The second-order valence-electron chi connectivity index (χ2n) is 2.76. The van der Waals surface area contributed by atoms with E-state index in [9.17, 15) is 9.00 Å². The van der Waals surface area contributed by atoms with E-state index in [1.165, 1.54) is 11.3 Å². The van der Waals surface area contributed by atoms with E-state index >= 15 is 0 Å². The largest absolute Gasteiger partial charge is 0.369 e. The number of nitrogens with two attached hydrogens (primary N) is 1. The van der Waals surface area contributed by atoms with E-state index in [2.05, 4.69) is 9.97 Å². The summed E-state index contributed by atoms with van der Waals surface area (Å²) in [5, 5.41) is 0. The van der Waals surface area contributed by atoms with E-state index in [1.54, 1.807) is 18.3 Å². The summed E-state index contributed by atoms with van der Waals surface area (Å²) in [4.78, 5) is 19.5. The van der Waals surface area contributed by atoms with Gasteiger partial charge in [-0.2, -0.15) is 0 Å². The lowest BCUT2D eigenvalue weighted by atomic mass is 10.5. The van der Waals surface area contributed by atoms with Gasteiger partial charge in [-0.3, -0.25) is 9.00 Å². The summed E-state index contributed by atoms with van der Waals surface area (Å²) in [6.07, 6.45) is 1.64. The molecule has 5 nitrogen and oxygen atoms in total. The fourth-order valence-electron chi connectivity index (χ4n) is 1.04. The number of hydrogen-bond donors (Lipinski definition) is 1. The molecular weight excluding hydrogens is 234 g/mol. The first-order valence-corrected chi connectivity index (χ1v) is 6.18. The zero-order chi connectivity index (χ0) is 10.8. The Morgan fingerprint density at radius 2 is 2.40 bits per heavy atom. The van der Waals surface area contributed by atoms with Gasteiger partial charge in [-0.1, -0.05) is 11.3 Å². The van der Waals surface area contributed by atoms with Crippen LogP contribution in [0.2, 0.25) is 0 Å². The Morgan fingerprint density at radius 1 is 1.60 bits per heavy atom. The van der Waals surface area contributed by atoms with Gasteiger partial charge >= 0.3 is 0 Å². The Bertz CT molecular complexity index is 504. The molecule has 0 saturated carbocycles. The van der Waals surface area contributed by atoms with E-state index in [4.69, 9.17) is 5.73 Å². The minimum Gasteiger partial charge on any atom is -0.369 e. The molecule has 15 heavy (non-hydrogen) atoms. The number of nitrogens with zero attached hydrogens (tertiary/aromatic N) is 2. The Labute approximate surface area is 91.8 Å². The van der Waals surface area contributed by atoms with Crippen molar-refractivity contribution in [2.45, 2.75) is 4.34 Å².